The molecular weight excluding hydrogens is 372 g/mol. The van der Waals surface area contributed by atoms with Gasteiger partial charge in [-0.3, -0.25) is 9.69 Å². The standard InChI is InChI=1S/C21H22N4O2S/c1-3-5-10-14(4-2)25-15-11-12-22-20-16(15)17(24-21(25)27)18(28-20)19(26)23-13-8-6-7-9-13/h3-5,10-13H,2,6-9H2,1H3,(H,23,26)(H,24,27)/b5-3-,14-10+. The van der Waals surface area contributed by atoms with Gasteiger partial charge in [0.05, 0.1) is 22.5 Å². The number of nitrogens with zero attached hydrogens (tertiary/aromatic N) is 2. The third-order valence-corrected chi connectivity index (χ3v) is 6.17. The number of nitrogens with one attached hydrogen (secondary N) is 2. The van der Waals surface area contributed by atoms with Gasteiger partial charge in [-0.1, -0.05) is 31.6 Å². The molecule has 3 heterocycles. The molecule has 0 bridgehead atoms. The number of allylic oxidation sites excluding steroid dienone is 4. The van der Waals surface area contributed by atoms with E-state index in [0.717, 1.165) is 35.9 Å². The van der Waals surface area contributed by atoms with E-state index in [2.05, 4.69) is 22.2 Å². The van der Waals surface area contributed by atoms with Crippen molar-refractivity contribution >= 4 is 44.9 Å². The van der Waals surface area contributed by atoms with Crippen LogP contribution >= 0.6 is 11.3 Å². The zero-order chi connectivity index (χ0) is 19.7. The van der Waals surface area contributed by atoms with Gasteiger partial charge in [-0.15, -0.1) is 11.3 Å². The van der Waals surface area contributed by atoms with Gasteiger partial charge in [-0.05, 0) is 38.0 Å². The van der Waals surface area contributed by atoms with Crippen LogP contribution in [0, 0.1) is 0 Å². The number of hydrogen-bond donors (Lipinski definition) is 2. The lowest BCUT2D eigenvalue weighted by atomic mass is 10.1. The molecule has 144 valence electrons. The van der Waals surface area contributed by atoms with E-state index < -0.39 is 0 Å². The molecule has 1 aliphatic heterocycles. The number of pyridine rings is 1. The zero-order valence-corrected chi connectivity index (χ0v) is 16.5. The minimum atomic E-state index is -0.316. The van der Waals surface area contributed by atoms with Gasteiger partial charge in [0.25, 0.3) is 5.91 Å². The van der Waals surface area contributed by atoms with Gasteiger partial charge in [0, 0.05) is 12.2 Å². The molecule has 0 aromatic carbocycles. The second-order valence-corrected chi connectivity index (χ2v) is 7.86. The molecule has 2 aromatic rings. The molecular formula is C21H22N4O2S. The van der Waals surface area contributed by atoms with Crippen molar-refractivity contribution in [3.63, 3.8) is 0 Å². The third kappa shape index (κ3) is 3.11. The summed E-state index contributed by atoms with van der Waals surface area (Å²) in [7, 11) is 0. The normalized spacial score (nSPS) is 17.4. The van der Waals surface area contributed by atoms with E-state index in [4.69, 9.17) is 0 Å². The quantitative estimate of drug-likeness (QED) is 0.704. The fourth-order valence-electron chi connectivity index (χ4n) is 3.75. The van der Waals surface area contributed by atoms with Crippen molar-refractivity contribution in [2.75, 3.05) is 10.2 Å². The Morgan fingerprint density at radius 3 is 2.93 bits per heavy atom. The van der Waals surface area contributed by atoms with Gasteiger partial charge in [0.2, 0.25) is 0 Å². The Morgan fingerprint density at radius 1 is 1.43 bits per heavy atom. The number of hydrogen-bond acceptors (Lipinski definition) is 4. The number of carbonyl (C=O) groups excluding carboxylic acids is 2. The van der Waals surface area contributed by atoms with Crippen LogP contribution in [0.1, 0.15) is 42.3 Å². The number of thiophene rings is 1. The summed E-state index contributed by atoms with van der Waals surface area (Å²) in [5.74, 6) is -0.141. The average Bonchev–Trinajstić information content (AvgIpc) is 3.33. The van der Waals surface area contributed by atoms with Crippen LogP contribution in [0.15, 0.2) is 48.8 Å². The molecule has 2 aliphatic rings. The molecule has 1 fully saturated rings. The van der Waals surface area contributed by atoms with Crippen LogP contribution in [0.3, 0.4) is 0 Å². The van der Waals surface area contributed by atoms with E-state index in [9.17, 15) is 9.59 Å². The number of amides is 3. The van der Waals surface area contributed by atoms with Gasteiger partial charge >= 0.3 is 6.03 Å². The molecule has 7 heteroatoms. The number of urea groups is 1. The summed E-state index contributed by atoms with van der Waals surface area (Å²) in [5, 5.41) is 6.80. The van der Waals surface area contributed by atoms with Crippen LogP contribution in [-0.2, 0) is 0 Å². The zero-order valence-electron chi connectivity index (χ0n) is 15.7. The van der Waals surface area contributed by atoms with E-state index >= 15 is 0 Å². The second-order valence-electron chi connectivity index (χ2n) is 6.86. The number of rotatable bonds is 5. The maximum Gasteiger partial charge on any atom is 0.331 e. The molecule has 28 heavy (non-hydrogen) atoms. The van der Waals surface area contributed by atoms with Crippen molar-refractivity contribution in [1.29, 1.82) is 0 Å². The van der Waals surface area contributed by atoms with Crippen molar-refractivity contribution < 1.29 is 9.59 Å². The van der Waals surface area contributed by atoms with Crippen LogP contribution in [0.25, 0.3) is 10.2 Å². The molecule has 0 unspecified atom stereocenters. The fourth-order valence-corrected chi connectivity index (χ4v) is 4.77. The van der Waals surface area contributed by atoms with E-state index in [1.54, 1.807) is 23.2 Å². The summed E-state index contributed by atoms with van der Waals surface area (Å²) >= 11 is 1.31. The van der Waals surface area contributed by atoms with Gasteiger partial charge in [0.15, 0.2) is 0 Å². The molecule has 0 spiro atoms. The highest BCUT2D eigenvalue weighted by Crippen LogP contribution is 2.44. The summed E-state index contributed by atoms with van der Waals surface area (Å²) in [4.78, 5) is 33.0. The molecule has 1 saturated carbocycles. The molecule has 0 atom stereocenters. The van der Waals surface area contributed by atoms with Crippen molar-refractivity contribution in [2.24, 2.45) is 0 Å². The van der Waals surface area contributed by atoms with Crippen molar-refractivity contribution in [2.45, 2.75) is 38.6 Å². The predicted molar refractivity (Wildman–Crippen MR) is 114 cm³/mol. The van der Waals surface area contributed by atoms with E-state index in [1.165, 1.54) is 11.3 Å². The number of anilines is 2. The van der Waals surface area contributed by atoms with E-state index in [-0.39, 0.29) is 18.0 Å². The Kier molecular flexibility index (Phi) is 5.00. The lowest BCUT2D eigenvalue weighted by molar-refractivity contribution is 0.0943. The van der Waals surface area contributed by atoms with Crippen LogP contribution in [-0.4, -0.2) is 23.0 Å². The molecule has 3 amide bonds. The van der Waals surface area contributed by atoms with Crippen LogP contribution in [0.4, 0.5) is 16.2 Å². The Balaban J connectivity index is 1.79. The largest absolute Gasteiger partial charge is 0.349 e. The smallest absolute Gasteiger partial charge is 0.331 e. The van der Waals surface area contributed by atoms with Gasteiger partial charge in [0.1, 0.15) is 9.71 Å². The van der Waals surface area contributed by atoms with Gasteiger partial charge in [-0.2, -0.15) is 0 Å². The highest BCUT2D eigenvalue weighted by atomic mass is 32.1. The molecule has 0 radical (unpaired) electrons. The Hall–Kier alpha value is -2.93. The number of aromatic nitrogens is 1. The molecule has 1 aliphatic carbocycles. The minimum Gasteiger partial charge on any atom is -0.349 e. The molecule has 2 aromatic heterocycles. The maximum atomic E-state index is 12.9. The Labute approximate surface area is 167 Å². The number of carbonyl (C=O) groups is 2. The molecule has 0 saturated heterocycles. The van der Waals surface area contributed by atoms with Crippen LogP contribution in [0.2, 0.25) is 0 Å². The predicted octanol–water partition coefficient (Wildman–Crippen LogP) is 4.97. The first-order valence-electron chi connectivity index (χ1n) is 9.43. The highest BCUT2D eigenvalue weighted by Gasteiger charge is 2.33. The summed E-state index contributed by atoms with van der Waals surface area (Å²) in [6, 6.07) is 1.69. The molecule has 4 rings (SSSR count). The topological polar surface area (TPSA) is 74.3 Å². The SMILES string of the molecule is C=C/C(=C\C=C/C)N1C(=O)Nc2c(C(=O)NC3CCCC3)sc3nccc1c23. The second kappa shape index (κ2) is 7.59. The summed E-state index contributed by atoms with van der Waals surface area (Å²) < 4.78 is 0. The van der Waals surface area contributed by atoms with Crippen molar-refractivity contribution in [3.05, 3.63) is 53.7 Å². The first kappa shape index (κ1) is 18.4. The summed E-state index contributed by atoms with van der Waals surface area (Å²) in [6.07, 6.45) is 13.2. The van der Waals surface area contributed by atoms with E-state index in [0.29, 0.717) is 21.9 Å². The van der Waals surface area contributed by atoms with Crippen LogP contribution < -0.4 is 15.5 Å². The Bertz CT molecular complexity index is 1010. The lowest BCUT2D eigenvalue weighted by Gasteiger charge is -2.29. The van der Waals surface area contributed by atoms with E-state index in [1.807, 2.05) is 25.2 Å². The monoisotopic (exact) mass is 394 g/mol. The van der Waals surface area contributed by atoms with Gasteiger partial charge in [-0.25, -0.2) is 9.78 Å². The van der Waals surface area contributed by atoms with Crippen molar-refractivity contribution in [3.8, 4) is 0 Å². The maximum absolute atomic E-state index is 12.9. The van der Waals surface area contributed by atoms with Crippen LogP contribution in [0.5, 0.6) is 0 Å². The lowest BCUT2D eigenvalue weighted by Crippen LogP contribution is -2.37. The average molecular weight is 395 g/mol. The fraction of sp³-hybridized carbons (Fsp3) is 0.286. The van der Waals surface area contributed by atoms with Gasteiger partial charge < -0.3 is 10.6 Å². The third-order valence-electron chi connectivity index (χ3n) is 5.07. The highest BCUT2D eigenvalue weighted by molar-refractivity contribution is 7.21. The summed E-state index contributed by atoms with van der Waals surface area (Å²) in [6.45, 7) is 5.74. The Morgan fingerprint density at radius 2 is 2.21 bits per heavy atom. The summed E-state index contributed by atoms with van der Waals surface area (Å²) in [5.41, 5.74) is 1.90. The molecule has 6 nitrogen and oxygen atoms in total. The van der Waals surface area contributed by atoms with Crippen molar-refractivity contribution in [1.82, 2.24) is 10.3 Å². The molecule has 2 N–H and O–H groups in total. The first-order valence-corrected chi connectivity index (χ1v) is 10.2. The first-order chi connectivity index (χ1) is 13.6. The minimum absolute atomic E-state index is 0.141.